The summed E-state index contributed by atoms with van der Waals surface area (Å²) >= 11 is 0. The molecule has 0 aromatic heterocycles. The van der Waals surface area contributed by atoms with Crippen LogP contribution >= 0.6 is 0 Å². The minimum Gasteiger partial charge on any atom is -0.457 e. The molecule has 0 saturated carbocycles. The number of hydrogen-bond acceptors (Lipinski definition) is 4. The molecule has 97 valence electrons. The Morgan fingerprint density at radius 3 is 2.68 bits per heavy atom. The largest absolute Gasteiger partial charge is 0.457 e. The van der Waals surface area contributed by atoms with Gasteiger partial charge in [0.25, 0.3) is 0 Å². The molecule has 1 unspecified atom stereocenters. The molecule has 0 bridgehead atoms. The van der Waals surface area contributed by atoms with Crippen LogP contribution in [0.1, 0.15) is 22.3 Å². The highest BCUT2D eigenvalue weighted by Gasteiger charge is 2.40. The number of benzene rings is 1. The molecule has 2 rings (SSSR count). The van der Waals surface area contributed by atoms with Crippen molar-refractivity contribution in [1.29, 1.82) is 0 Å². The molecule has 1 aliphatic heterocycles. The standard InChI is InChI=1S/C15H13O4/c1-3-15(9-8-13(16)19-15)10-18-14(17)12-6-4-11(2)5-7-12/h1,4-7,9H,8,10H2,2H3. The smallest absolute Gasteiger partial charge is 0.338 e. The maximum atomic E-state index is 11.8. The Labute approximate surface area is 111 Å². The van der Waals surface area contributed by atoms with Crippen LogP contribution in [0.15, 0.2) is 24.3 Å². The molecule has 1 aliphatic rings. The van der Waals surface area contributed by atoms with Crippen molar-refractivity contribution in [3.05, 3.63) is 41.8 Å². The number of carbonyl (C=O) groups is 2. The van der Waals surface area contributed by atoms with Gasteiger partial charge in [-0.15, -0.1) is 6.42 Å². The molecular formula is C15H13O4. The normalized spacial score (nSPS) is 21.6. The van der Waals surface area contributed by atoms with Gasteiger partial charge in [0.15, 0.2) is 0 Å². The maximum absolute atomic E-state index is 11.8. The van der Waals surface area contributed by atoms with Gasteiger partial charge >= 0.3 is 11.9 Å². The fraction of sp³-hybridized carbons (Fsp3) is 0.267. The second-order valence-corrected chi connectivity index (χ2v) is 4.36. The number of esters is 2. The highest BCUT2D eigenvalue weighted by Crippen LogP contribution is 2.25. The van der Waals surface area contributed by atoms with Crippen molar-refractivity contribution in [2.75, 3.05) is 6.61 Å². The summed E-state index contributed by atoms with van der Waals surface area (Å²) in [5.74, 6) is 1.44. The molecule has 0 spiro atoms. The molecule has 19 heavy (non-hydrogen) atoms. The number of rotatable bonds is 3. The fourth-order valence-corrected chi connectivity index (χ4v) is 1.70. The number of carbonyl (C=O) groups excluding carboxylic acids is 2. The van der Waals surface area contributed by atoms with Crippen LogP contribution in [0, 0.1) is 25.7 Å². The van der Waals surface area contributed by atoms with Crippen LogP contribution in [0.5, 0.6) is 0 Å². The number of hydrogen-bond donors (Lipinski definition) is 0. The Morgan fingerprint density at radius 1 is 1.47 bits per heavy atom. The van der Waals surface area contributed by atoms with Crippen LogP contribution in [0.25, 0.3) is 0 Å². The van der Waals surface area contributed by atoms with Crippen LogP contribution in [0.4, 0.5) is 0 Å². The Bertz CT molecular complexity index is 538. The van der Waals surface area contributed by atoms with E-state index >= 15 is 0 Å². The number of aryl methyl sites for hydroxylation is 1. The summed E-state index contributed by atoms with van der Waals surface area (Å²) in [6, 6.07) is 6.97. The minimum absolute atomic E-state index is 0.131. The zero-order valence-electron chi connectivity index (χ0n) is 10.5. The van der Waals surface area contributed by atoms with E-state index in [4.69, 9.17) is 15.9 Å². The summed E-state index contributed by atoms with van der Waals surface area (Å²) in [6.45, 7) is 1.76. The van der Waals surface area contributed by atoms with Gasteiger partial charge in [0.05, 0.1) is 12.0 Å². The first-order valence-electron chi connectivity index (χ1n) is 5.82. The van der Waals surface area contributed by atoms with Crippen molar-refractivity contribution in [2.24, 2.45) is 0 Å². The van der Waals surface area contributed by atoms with Crippen molar-refractivity contribution < 1.29 is 19.1 Å². The lowest BCUT2D eigenvalue weighted by molar-refractivity contribution is -0.146. The van der Waals surface area contributed by atoms with Gasteiger partial charge in [0.2, 0.25) is 5.60 Å². The van der Waals surface area contributed by atoms with Crippen molar-refractivity contribution in [3.63, 3.8) is 0 Å². The second kappa shape index (κ2) is 5.15. The third kappa shape index (κ3) is 2.94. The van der Waals surface area contributed by atoms with E-state index in [1.165, 1.54) is 6.42 Å². The number of ether oxygens (including phenoxy) is 2. The van der Waals surface area contributed by atoms with E-state index in [2.05, 4.69) is 5.92 Å². The predicted molar refractivity (Wildman–Crippen MR) is 68.0 cm³/mol. The second-order valence-electron chi connectivity index (χ2n) is 4.36. The van der Waals surface area contributed by atoms with E-state index in [-0.39, 0.29) is 13.0 Å². The average molecular weight is 257 g/mol. The lowest BCUT2D eigenvalue weighted by Crippen LogP contribution is -2.34. The summed E-state index contributed by atoms with van der Waals surface area (Å²) < 4.78 is 10.1. The first kappa shape index (κ1) is 13.2. The molecular weight excluding hydrogens is 244 g/mol. The first-order valence-corrected chi connectivity index (χ1v) is 5.82. The van der Waals surface area contributed by atoms with Gasteiger partial charge in [-0.25, -0.2) is 4.79 Å². The van der Waals surface area contributed by atoms with Gasteiger partial charge in [-0.2, -0.15) is 0 Å². The molecule has 0 N–H and O–H groups in total. The molecule has 1 atom stereocenters. The van der Waals surface area contributed by atoms with Gasteiger partial charge in [0, 0.05) is 6.42 Å². The van der Waals surface area contributed by atoms with Crippen molar-refractivity contribution >= 4 is 11.9 Å². The molecule has 4 heteroatoms. The number of terminal acetylenes is 1. The van der Waals surface area contributed by atoms with Gasteiger partial charge in [-0.05, 0) is 19.1 Å². The van der Waals surface area contributed by atoms with Crippen LogP contribution in [-0.4, -0.2) is 24.1 Å². The fourth-order valence-electron chi connectivity index (χ4n) is 1.70. The summed E-state index contributed by atoms with van der Waals surface area (Å²) in [4.78, 5) is 22.9. The average Bonchev–Trinajstić information content (AvgIpc) is 2.79. The van der Waals surface area contributed by atoms with E-state index in [0.717, 1.165) is 5.56 Å². The van der Waals surface area contributed by atoms with E-state index in [9.17, 15) is 9.59 Å². The highest BCUT2D eigenvalue weighted by atomic mass is 16.6. The molecule has 0 amide bonds. The lowest BCUT2D eigenvalue weighted by Gasteiger charge is -2.20. The third-order valence-corrected chi connectivity index (χ3v) is 2.84. The van der Waals surface area contributed by atoms with E-state index < -0.39 is 17.5 Å². The first-order chi connectivity index (χ1) is 9.04. The molecule has 0 aliphatic carbocycles. The molecule has 1 radical (unpaired) electrons. The summed E-state index contributed by atoms with van der Waals surface area (Å²) in [5, 5.41) is 0. The van der Waals surface area contributed by atoms with E-state index in [1.54, 1.807) is 12.1 Å². The maximum Gasteiger partial charge on any atom is 0.338 e. The Hall–Kier alpha value is -2.28. The molecule has 1 fully saturated rings. The Balaban J connectivity index is 1.99. The van der Waals surface area contributed by atoms with Crippen LogP contribution in [0.3, 0.4) is 0 Å². The van der Waals surface area contributed by atoms with Crippen LogP contribution in [-0.2, 0) is 14.3 Å². The Morgan fingerprint density at radius 2 is 2.16 bits per heavy atom. The van der Waals surface area contributed by atoms with Crippen LogP contribution < -0.4 is 0 Å². The minimum atomic E-state index is -1.22. The van der Waals surface area contributed by atoms with E-state index in [1.807, 2.05) is 19.1 Å². The third-order valence-electron chi connectivity index (χ3n) is 2.84. The summed E-state index contributed by atoms with van der Waals surface area (Å²) in [5.41, 5.74) is 0.258. The van der Waals surface area contributed by atoms with Crippen LogP contribution in [0.2, 0.25) is 0 Å². The van der Waals surface area contributed by atoms with Gasteiger partial charge < -0.3 is 9.47 Å². The topological polar surface area (TPSA) is 52.6 Å². The monoisotopic (exact) mass is 257 g/mol. The number of cyclic esters (lactones) is 1. The highest BCUT2D eigenvalue weighted by molar-refractivity contribution is 5.89. The van der Waals surface area contributed by atoms with Gasteiger partial charge in [-0.3, -0.25) is 4.79 Å². The quantitative estimate of drug-likeness (QED) is 0.610. The molecule has 1 heterocycles. The molecule has 1 saturated heterocycles. The van der Waals surface area contributed by atoms with Crippen molar-refractivity contribution in [2.45, 2.75) is 18.9 Å². The van der Waals surface area contributed by atoms with E-state index in [0.29, 0.717) is 5.56 Å². The predicted octanol–water partition coefficient (Wildman–Crippen LogP) is 1.68. The molecule has 1 aromatic carbocycles. The summed E-state index contributed by atoms with van der Waals surface area (Å²) in [6.07, 6.45) is 7.00. The molecule has 1 aromatic rings. The zero-order chi connectivity index (χ0) is 13.9. The zero-order valence-corrected chi connectivity index (χ0v) is 10.5. The van der Waals surface area contributed by atoms with Gasteiger partial charge in [-0.1, -0.05) is 23.6 Å². The molecule has 4 nitrogen and oxygen atoms in total. The SMILES string of the molecule is C#CC1(COC(=O)c2ccc(C)cc2)[CH]CC(=O)O1. The lowest BCUT2D eigenvalue weighted by atomic mass is 10.0. The van der Waals surface area contributed by atoms with Gasteiger partial charge in [0.1, 0.15) is 6.61 Å². The summed E-state index contributed by atoms with van der Waals surface area (Å²) in [7, 11) is 0. The Kier molecular flexibility index (Phi) is 3.57. The van der Waals surface area contributed by atoms with Crippen molar-refractivity contribution in [3.8, 4) is 12.3 Å². The van der Waals surface area contributed by atoms with Crippen molar-refractivity contribution in [1.82, 2.24) is 0 Å².